The maximum Gasteiger partial charge on any atom is 0.345 e. The van der Waals surface area contributed by atoms with Gasteiger partial charge in [-0.3, -0.25) is 24.6 Å². The lowest BCUT2D eigenvalue weighted by molar-refractivity contribution is -0.118. The highest BCUT2D eigenvalue weighted by atomic mass is 19.1. The van der Waals surface area contributed by atoms with E-state index in [0.29, 0.717) is 6.41 Å². The summed E-state index contributed by atoms with van der Waals surface area (Å²) in [6.07, 6.45) is 1.31. The van der Waals surface area contributed by atoms with Crippen LogP contribution in [0.3, 0.4) is 0 Å². The van der Waals surface area contributed by atoms with E-state index in [1.54, 1.807) is 0 Å². The molecule has 1 saturated heterocycles. The smallest absolute Gasteiger partial charge is 0.296 e. The van der Waals surface area contributed by atoms with Gasteiger partial charge in [-0.05, 0) is 24.3 Å². The second-order valence-corrected chi connectivity index (χ2v) is 4.35. The maximum atomic E-state index is 12.8. The van der Waals surface area contributed by atoms with Crippen LogP contribution in [0, 0.1) is 5.82 Å². The fourth-order valence-electron chi connectivity index (χ4n) is 1.65. The van der Waals surface area contributed by atoms with Crippen LogP contribution in [0.25, 0.3) is 0 Å². The summed E-state index contributed by atoms with van der Waals surface area (Å²) in [5.74, 6) is -1.42. The molecule has 9 heteroatoms. The van der Waals surface area contributed by atoms with Crippen molar-refractivity contribution in [2.75, 3.05) is 13.1 Å². The van der Waals surface area contributed by atoms with Gasteiger partial charge in [-0.2, -0.15) is 5.10 Å². The highest BCUT2D eigenvalue weighted by molar-refractivity contribution is 6.02. The predicted octanol–water partition coefficient (Wildman–Crippen LogP) is -0.0381. The van der Waals surface area contributed by atoms with Gasteiger partial charge in [0.25, 0.3) is 0 Å². The second-order valence-electron chi connectivity index (χ2n) is 4.35. The number of halogens is 1. The van der Waals surface area contributed by atoms with Crippen LogP contribution in [0.5, 0.6) is 0 Å². The van der Waals surface area contributed by atoms with E-state index in [0.717, 1.165) is 28.4 Å². The third-order valence-corrected chi connectivity index (χ3v) is 2.74. The molecule has 1 aromatic carbocycles. The molecule has 0 saturated carbocycles. The van der Waals surface area contributed by atoms with Crippen molar-refractivity contribution in [2.24, 2.45) is 5.10 Å². The van der Waals surface area contributed by atoms with Crippen molar-refractivity contribution in [3.63, 3.8) is 0 Å². The molecule has 1 aliphatic rings. The van der Waals surface area contributed by atoms with Gasteiger partial charge in [-0.1, -0.05) is 0 Å². The number of nitrogens with zero attached hydrogens (tertiary/aromatic N) is 3. The molecule has 1 fully saturated rings. The minimum Gasteiger partial charge on any atom is -0.296 e. The van der Waals surface area contributed by atoms with E-state index >= 15 is 0 Å². The number of hydrazone groups is 1. The first-order valence-electron chi connectivity index (χ1n) is 6.15. The average molecular weight is 306 g/mol. The Labute approximate surface area is 124 Å². The Morgan fingerprint density at radius 3 is 2.59 bits per heavy atom. The first kappa shape index (κ1) is 15.3. The van der Waals surface area contributed by atoms with Crippen LogP contribution in [-0.2, 0) is 9.59 Å². The van der Waals surface area contributed by atoms with Crippen LogP contribution in [0.4, 0.5) is 9.18 Å². The zero-order chi connectivity index (χ0) is 16.1. The molecule has 22 heavy (non-hydrogen) atoms. The van der Waals surface area contributed by atoms with Gasteiger partial charge in [-0.25, -0.2) is 14.2 Å². The molecule has 114 valence electrons. The SMILES string of the molecule is O=CN(C=NN1CC(=O)NC1=O)CC(=O)c1ccc(F)cc1. The summed E-state index contributed by atoms with van der Waals surface area (Å²) in [5.41, 5.74) is 0.232. The van der Waals surface area contributed by atoms with Crippen LogP contribution in [0.1, 0.15) is 10.4 Å². The van der Waals surface area contributed by atoms with Crippen molar-refractivity contribution in [1.82, 2.24) is 15.2 Å². The van der Waals surface area contributed by atoms with E-state index in [1.807, 2.05) is 5.32 Å². The van der Waals surface area contributed by atoms with Gasteiger partial charge in [0.05, 0.1) is 6.54 Å². The summed E-state index contributed by atoms with van der Waals surface area (Å²) >= 11 is 0. The summed E-state index contributed by atoms with van der Waals surface area (Å²) in [5, 5.41) is 6.47. The van der Waals surface area contributed by atoms with E-state index in [-0.39, 0.29) is 18.7 Å². The zero-order valence-corrected chi connectivity index (χ0v) is 11.2. The lowest BCUT2D eigenvalue weighted by atomic mass is 10.1. The van der Waals surface area contributed by atoms with Crippen LogP contribution < -0.4 is 5.32 Å². The molecule has 8 nitrogen and oxygen atoms in total. The number of ketones is 1. The topological polar surface area (TPSA) is 99.2 Å². The second kappa shape index (κ2) is 6.57. The van der Waals surface area contributed by atoms with Gasteiger partial charge in [0.1, 0.15) is 18.7 Å². The Morgan fingerprint density at radius 2 is 2.05 bits per heavy atom. The van der Waals surface area contributed by atoms with Crippen molar-refractivity contribution in [1.29, 1.82) is 0 Å². The number of imide groups is 1. The van der Waals surface area contributed by atoms with Crippen molar-refractivity contribution in [2.45, 2.75) is 0 Å². The van der Waals surface area contributed by atoms with Crippen LogP contribution in [0.15, 0.2) is 29.4 Å². The maximum absolute atomic E-state index is 12.8. The highest BCUT2D eigenvalue weighted by Gasteiger charge is 2.26. The van der Waals surface area contributed by atoms with Crippen molar-refractivity contribution in [3.8, 4) is 0 Å². The highest BCUT2D eigenvalue weighted by Crippen LogP contribution is 2.04. The molecular weight excluding hydrogens is 295 g/mol. The molecule has 1 aliphatic heterocycles. The number of rotatable bonds is 6. The number of benzene rings is 1. The lowest BCUT2D eigenvalue weighted by Gasteiger charge is -2.12. The molecule has 0 bridgehead atoms. The number of carbonyl (C=O) groups excluding carboxylic acids is 4. The summed E-state index contributed by atoms with van der Waals surface area (Å²) in [6.45, 7) is -0.587. The Hall–Kier alpha value is -3.10. The van der Waals surface area contributed by atoms with Gasteiger partial charge in [0.15, 0.2) is 5.78 Å². The van der Waals surface area contributed by atoms with E-state index in [4.69, 9.17) is 0 Å². The van der Waals surface area contributed by atoms with Gasteiger partial charge in [0, 0.05) is 5.56 Å². The van der Waals surface area contributed by atoms with E-state index in [9.17, 15) is 23.6 Å². The molecule has 1 aromatic rings. The number of hydrogen-bond donors (Lipinski definition) is 1. The monoisotopic (exact) mass is 306 g/mol. The van der Waals surface area contributed by atoms with Gasteiger partial charge in [-0.15, -0.1) is 0 Å². The van der Waals surface area contributed by atoms with Gasteiger partial charge < -0.3 is 0 Å². The van der Waals surface area contributed by atoms with Crippen molar-refractivity contribution < 1.29 is 23.6 Å². The Balaban J connectivity index is 1.98. The Morgan fingerprint density at radius 1 is 1.36 bits per heavy atom. The first-order chi connectivity index (χ1) is 10.5. The molecular formula is C13H11FN4O4. The summed E-state index contributed by atoms with van der Waals surface area (Å²) in [6, 6.07) is 4.14. The number of urea groups is 1. The minimum atomic E-state index is -0.711. The van der Waals surface area contributed by atoms with Crippen molar-refractivity contribution >= 4 is 30.5 Å². The molecule has 0 unspecified atom stereocenters. The number of hydrogen-bond acceptors (Lipinski definition) is 5. The van der Waals surface area contributed by atoms with Crippen molar-refractivity contribution in [3.05, 3.63) is 35.6 Å². The average Bonchev–Trinajstić information content (AvgIpc) is 2.81. The fourth-order valence-corrected chi connectivity index (χ4v) is 1.65. The summed E-state index contributed by atoms with van der Waals surface area (Å²) in [7, 11) is 0. The summed E-state index contributed by atoms with van der Waals surface area (Å²) in [4.78, 5) is 45.9. The van der Waals surface area contributed by atoms with E-state index in [1.165, 1.54) is 12.1 Å². The van der Waals surface area contributed by atoms with Gasteiger partial charge >= 0.3 is 6.03 Å². The molecule has 1 N–H and O–H groups in total. The molecule has 1 heterocycles. The normalized spacial score (nSPS) is 14.3. The molecule has 0 aromatic heterocycles. The van der Waals surface area contributed by atoms with Gasteiger partial charge in [0.2, 0.25) is 12.3 Å². The van der Waals surface area contributed by atoms with E-state index in [2.05, 4.69) is 5.10 Å². The predicted molar refractivity (Wildman–Crippen MR) is 72.2 cm³/mol. The number of carbonyl (C=O) groups is 4. The number of Topliss-reactive ketones (excluding diaryl/α,β-unsaturated/α-hetero) is 1. The molecule has 0 atom stereocenters. The van der Waals surface area contributed by atoms with E-state index < -0.39 is 23.5 Å². The van der Waals surface area contributed by atoms with Crippen LogP contribution in [0.2, 0.25) is 0 Å². The number of nitrogens with one attached hydrogen (secondary N) is 1. The van der Waals surface area contributed by atoms with Crippen LogP contribution >= 0.6 is 0 Å². The lowest BCUT2D eigenvalue weighted by Crippen LogP contribution is -2.30. The Bertz CT molecular complexity index is 644. The quantitative estimate of drug-likeness (QED) is 0.262. The first-order valence-corrected chi connectivity index (χ1v) is 6.15. The molecule has 4 amide bonds. The third kappa shape index (κ3) is 3.72. The standard InChI is InChI=1S/C13H11FN4O4/c14-10-3-1-9(2-4-10)11(20)5-17(8-19)7-15-18-6-12(21)16-13(18)22/h1-4,7-8H,5-6H2,(H,16,21,22). The Kier molecular flexibility index (Phi) is 4.57. The molecule has 0 spiro atoms. The number of amides is 4. The third-order valence-electron chi connectivity index (χ3n) is 2.74. The molecule has 2 rings (SSSR count). The molecule has 0 aliphatic carbocycles. The molecule has 0 radical (unpaired) electrons. The fraction of sp³-hybridized carbons (Fsp3) is 0.154. The van der Waals surface area contributed by atoms with Crippen LogP contribution in [-0.4, -0.2) is 53.5 Å². The summed E-state index contributed by atoms with van der Waals surface area (Å²) < 4.78 is 12.8. The minimum absolute atomic E-state index is 0.232. The zero-order valence-electron chi connectivity index (χ0n) is 11.2. The largest absolute Gasteiger partial charge is 0.345 e.